The van der Waals surface area contributed by atoms with Gasteiger partial charge in [0.2, 0.25) is 0 Å². The molecule has 2 heteroatoms. The van der Waals surface area contributed by atoms with E-state index in [4.69, 9.17) is 0 Å². The first kappa shape index (κ1) is 32.1. The van der Waals surface area contributed by atoms with E-state index < -0.39 is 0 Å². The van der Waals surface area contributed by atoms with Gasteiger partial charge in [-0.05, 0) is 114 Å². The summed E-state index contributed by atoms with van der Waals surface area (Å²) in [4.78, 5) is 2.57. The van der Waals surface area contributed by atoms with Crippen LogP contribution in [0.15, 0.2) is 164 Å². The van der Waals surface area contributed by atoms with Crippen molar-refractivity contribution < 1.29 is 0 Å². The quantitative estimate of drug-likeness (QED) is 0.162. The van der Waals surface area contributed by atoms with Crippen LogP contribution in [0.25, 0.3) is 49.4 Å². The number of nitrogens with zero attached hydrogens (tertiary/aromatic N) is 2. The second-order valence-electron chi connectivity index (χ2n) is 15.8. The molecule has 1 heterocycles. The van der Waals surface area contributed by atoms with Crippen LogP contribution in [0.1, 0.15) is 51.5 Å². The van der Waals surface area contributed by atoms with Gasteiger partial charge in [-0.15, -0.1) is 0 Å². The van der Waals surface area contributed by atoms with Crippen molar-refractivity contribution in [1.29, 1.82) is 0 Å². The van der Waals surface area contributed by atoms with Crippen molar-refractivity contribution in [2.75, 3.05) is 4.90 Å². The summed E-state index contributed by atoms with van der Waals surface area (Å²) < 4.78 is 2.44. The lowest BCUT2D eigenvalue weighted by molar-refractivity contribution is 0.145. The summed E-state index contributed by atoms with van der Waals surface area (Å²) >= 11 is 0. The van der Waals surface area contributed by atoms with Crippen LogP contribution in [0.4, 0.5) is 17.1 Å². The molecule has 260 valence electrons. The van der Waals surface area contributed by atoms with Crippen LogP contribution in [-0.4, -0.2) is 4.57 Å². The molecule has 0 amide bonds. The van der Waals surface area contributed by atoms with Crippen molar-refractivity contribution in [1.82, 2.24) is 4.57 Å². The van der Waals surface area contributed by atoms with Crippen LogP contribution in [0.2, 0.25) is 0 Å². The minimum atomic E-state index is 0.180. The number of rotatable bonds is 7. The lowest BCUT2D eigenvalue weighted by atomic mass is 9.60. The summed E-state index contributed by atoms with van der Waals surface area (Å²) in [6.07, 6.45) is 6.53. The molecule has 0 saturated heterocycles. The lowest BCUT2D eigenvalue weighted by Gasteiger charge is -2.45. The zero-order chi connectivity index (χ0) is 35.5. The number of benzene rings is 7. The predicted molar refractivity (Wildman–Crippen MR) is 225 cm³/mol. The third-order valence-corrected chi connectivity index (χ3v) is 13.3. The Kier molecular flexibility index (Phi) is 7.76. The number of fused-ring (bicyclic) bond motifs is 6. The van der Waals surface area contributed by atoms with E-state index in [1.54, 1.807) is 0 Å². The Morgan fingerprint density at radius 3 is 1.85 bits per heavy atom. The molecule has 0 N–H and O–H groups in total. The standard InChI is InChI=1S/C51H46N2/c1-3-51(33-38-27-28-39(34-51)35(38)2)45-21-9-13-25-50(45)52(46-26-14-16-36-15-4-5-17-41(36)46)40-31-29-37(30-32-40)42-18-6-10-22-47(42)53-48-23-11-7-19-43(48)44-20-8-12-24-49(44)53/h4-26,29-32,35,38-39H,3,27-28,33-34H2,1-2H3. The van der Waals surface area contributed by atoms with Gasteiger partial charge in [-0.25, -0.2) is 0 Å². The Bertz CT molecular complexity index is 2540. The Labute approximate surface area is 313 Å². The third-order valence-electron chi connectivity index (χ3n) is 13.3. The third kappa shape index (κ3) is 5.14. The average Bonchev–Trinajstić information content (AvgIpc) is 3.65. The van der Waals surface area contributed by atoms with E-state index in [0.29, 0.717) is 0 Å². The second kappa shape index (κ2) is 12.8. The summed E-state index contributed by atoms with van der Waals surface area (Å²) in [5, 5.41) is 5.10. The predicted octanol–water partition coefficient (Wildman–Crippen LogP) is 14.2. The first-order valence-electron chi connectivity index (χ1n) is 19.7. The van der Waals surface area contributed by atoms with Crippen molar-refractivity contribution in [3.63, 3.8) is 0 Å². The van der Waals surface area contributed by atoms with Crippen molar-refractivity contribution in [3.8, 4) is 16.8 Å². The molecule has 2 aliphatic rings. The van der Waals surface area contributed by atoms with Gasteiger partial charge in [-0.2, -0.15) is 0 Å². The number of anilines is 3. The topological polar surface area (TPSA) is 8.17 Å². The molecule has 1 aromatic heterocycles. The molecule has 0 radical (unpaired) electrons. The van der Waals surface area contributed by atoms with Crippen LogP contribution < -0.4 is 4.90 Å². The molecule has 2 bridgehead atoms. The smallest absolute Gasteiger partial charge is 0.0541 e. The van der Waals surface area contributed by atoms with Gasteiger partial charge < -0.3 is 9.47 Å². The highest BCUT2D eigenvalue weighted by atomic mass is 15.1. The van der Waals surface area contributed by atoms with E-state index in [9.17, 15) is 0 Å². The second-order valence-corrected chi connectivity index (χ2v) is 15.8. The molecule has 8 aromatic rings. The van der Waals surface area contributed by atoms with Gasteiger partial charge in [0.15, 0.2) is 0 Å². The average molecular weight is 687 g/mol. The first-order chi connectivity index (χ1) is 26.1. The summed E-state index contributed by atoms with van der Waals surface area (Å²) in [5.41, 5.74) is 11.5. The highest BCUT2D eigenvalue weighted by Gasteiger charge is 2.48. The van der Waals surface area contributed by atoms with Gasteiger partial charge in [0, 0.05) is 33.1 Å². The minimum absolute atomic E-state index is 0.180. The van der Waals surface area contributed by atoms with Crippen LogP contribution in [0.3, 0.4) is 0 Å². The van der Waals surface area contributed by atoms with E-state index in [1.807, 2.05) is 0 Å². The molecule has 7 aromatic carbocycles. The van der Waals surface area contributed by atoms with Gasteiger partial charge in [0.25, 0.3) is 0 Å². The van der Waals surface area contributed by atoms with Gasteiger partial charge in [0.05, 0.1) is 22.4 Å². The molecular formula is C51H46N2. The van der Waals surface area contributed by atoms with Crippen molar-refractivity contribution in [3.05, 3.63) is 169 Å². The summed E-state index contributed by atoms with van der Waals surface area (Å²) in [5.74, 6) is 2.48. The van der Waals surface area contributed by atoms with Gasteiger partial charge in [0.1, 0.15) is 0 Å². The van der Waals surface area contributed by atoms with Gasteiger partial charge >= 0.3 is 0 Å². The van der Waals surface area contributed by atoms with Crippen LogP contribution >= 0.6 is 0 Å². The summed E-state index contributed by atoms with van der Waals surface area (Å²) in [7, 11) is 0. The van der Waals surface area contributed by atoms with Crippen LogP contribution in [0.5, 0.6) is 0 Å². The maximum atomic E-state index is 2.57. The molecule has 53 heavy (non-hydrogen) atoms. The maximum Gasteiger partial charge on any atom is 0.0541 e. The Morgan fingerprint density at radius 1 is 0.566 bits per heavy atom. The maximum absolute atomic E-state index is 2.57. The number of aromatic nitrogens is 1. The van der Waals surface area contributed by atoms with E-state index in [1.165, 1.54) is 104 Å². The molecule has 2 atom stereocenters. The molecule has 0 aliphatic heterocycles. The van der Waals surface area contributed by atoms with E-state index >= 15 is 0 Å². The van der Waals surface area contributed by atoms with Crippen LogP contribution in [0, 0.1) is 17.8 Å². The fourth-order valence-corrected chi connectivity index (χ4v) is 10.5. The molecular weight excluding hydrogens is 641 g/mol. The number of hydrogen-bond acceptors (Lipinski definition) is 1. The normalized spacial score (nSPS) is 21.1. The van der Waals surface area contributed by atoms with Gasteiger partial charge in [-0.1, -0.05) is 135 Å². The Morgan fingerprint density at radius 2 is 1.13 bits per heavy atom. The molecule has 2 nitrogen and oxygen atoms in total. The van der Waals surface area contributed by atoms with E-state index in [2.05, 4.69) is 187 Å². The SMILES string of the molecule is CCC1(c2ccccc2N(c2ccc(-c3ccccc3-n3c4ccccc4c4ccccc43)cc2)c2cccc3ccccc23)CC2CCC(C1)C2C. The zero-order valence-corrected chi connectivity index (χ0v) is 30.8. The van der Waals surface area contributed by atoms with E-state index in [-0.39, 0.29) is 5.41 Å². The lowest BCUT2D eigenvalue weighted by Crippen LogP contribution is -2.38. The number of para-hydroxylation sites is 4. The molecule has 2 saturated carbocycles. The Balaban J connectivity index is 1.14. The molecule has 0 spiro atoms. The summed E-state index contributed by atoms with van der Waals surface area (Å²) in [6, 6.07) is 60.8. The largest absolute Gasteiger partial charge is 0.310 e. The zero-order valence-electron chi connectivity index (χ0n) is 30.8. The first-order valence-corrected chi connectivity index (χ1v) is 19.7. The van der Waals surface area contributed by atoms with Crippen LogP contribution in [-0.2, 0) is 5.41 Å². The highest BCUT2D eigenvalue weighted by molar-refractivity contribution is 6.09. The Hall–Kier alpha value is -5.60. The fraction of sp³-hybridized carbons (Fsp3) is 0.216. The number of hydrogen-bond donors (Lipinski definition) is 0. The van der Waals surface area contributed by atoms with E-state index in [0.717, 1.165) is 17.8 Å². The molecule has 2 unspecified atom stereocenters. The summed E-state index contributed by atoms with van der Waals surface area (Å²) in [6.45, 7) is 4.97. The minimum Gasteiger partial charge on any atom is -0.310 e. The monoisotopic (exact) mass is 686 g/mol. The fourth-order valence-electron chi connectivity index (χ4n) is 10.5. The highest BCUT2D eigenvalue weighted by Crippen LogP contribution is 2.58. The molecule has 2 fully saturated rings. The van der Waals surface area contributed by atoms with Crippen molar-refractivity contribution in [2.24, 2.45) is 17.8 Å². The molecule has 10 rings (SSSR count). The van der Waals surface area contributed by atoms with Crippen molar-refractivity contribution >= 4 is 49.6 Å². The van der Waals surface area contributed by atoms with Crippen molar-refractivity contribution in [2.45, 2.75) is 51.4 Å². The van der Waals surface area contributed by atoms with Gasteiger partial charge in [-0.3, -0.25) is 0 Å². The molecule has 2 aliphatic carbocycles.